The van der Waals surface area contributed by atoms with Gasteiger partial charge in [-0.25, -0.2) is 4.79 Å². The van der Waals surface area contributed by atoms with E-state index in [1.165, 1.54) is 18.7 Å². The Labute approximate surface area is 121 Å². The Balaban J connectivity index is 2.15. The average Bonchev–Trinajstić information content (AvgIpc) is 2.77. The van der Waals surface area contributed by atoms with Crippen LogP contribution in [0.3, 0.4) is 0 Å². The van der Waals surface area contributed by atoms with Gasteiger partial charge in [-0.1, -0.05) is 0 Å². The largest absolute Gasteiger partial charge is 0.394 e. The number of halogens is 3. The van der Waals surface area contributed by atoms with E-state index in [0.29, 0.717) is 11.4 Å². The van der Waals surface area contributed by atoms with Gasteiger partial charge in [-0.05, 0) is 27.2 Å². The maximum absolute atomic E-state index is 13.0. The number of alkyl halides is 3. The molecule has 2 heterocycles. The fourth-order valence-electron chi connectivity index (χ4n) is 2.92. The van der Waals surface area contributed by atoms with Gasteiger partial charge in [0.25, 0.3) is 0 Å². The van der Waals surface area contributed by atoms with E-state index < -0.39 is 23.7 Å². The highest BCUT2D eigenvalue weighted by molar-refractivity contribution is 5.90. The first-order valence-electron chi connectivity index (χ1n) is 6.69. The molecule has 21 heavy (non-hydrogen) atoms. The Morgan fingerprint density at radius 3 is 2.52 bits per heavy atom. The lowest BCUT2D eigenvalue weighted by molar-refractivity contribution is -0.189. The Bertz CT molecular complexity index is 550. The van der Waals surface area contributed by atoms with Crippen molar-refractivity contribution in [3.05, 3.63) is 11.9 Å². The SMILES string of the molecule is Cc1nn(C)cc1NC(=O)N1CC[C@@H](C(F)(F)F)C1(C)C. The van der Waals surface area contributed by atoms with E-state index in [2.05, 4.69) is 10.4 Å². The maximum atomic E-state index is 13.0. The molecule has 2 rings (SSSR count). The molecule has 0 bridgehead atoms. The molecular weight excluding hydrogens is 285 g/mol. The molecule has 0 aromatic carbocycles. The summed E-state index contributed by atoms with van der Waals surface area (Å²) in [6.45, 7) is 4.72. The molecule has 1 N–H and O–H groups in total. The van der Waals surface area contributed by atoms with E-state index >= 15 is 0 Å². The number of hydrogen-bond acceptors (Lipinski definition) is 2. The lowest BCUT2D eigenvalue weighted by Gasteiger charge is -2.36. The molecule has 1 aromatic rings. The molecule has 1 saturated heterocycles. The van der Waals surface area contributed by atoms with Crippen molar-refractivity contribution in [1.29, 1.82) is 0 Å². The van der Waals surface area contributed by atoms with Gasteiger partial charge < -0.3 is 10.2 Å². The quantitative estimate of drug-likeness (QED) is 0.867. The summed E-state index contributed by atoms with van der Waals surface area (Å²) in [5.74, 6) is -1.51. The van der Waals surface area contributed by atoms with Gasteiger partial charge >= 0.3 is 12.2 Å². The normalized spacial score (nSPS) is 21.7. The molecule has 1 aliphatic rings. The number of likely N-dealkylation sites (tertiary alicyclic amines) is 1. The smallest absolute Gasteiger partial charge is 0.319 e. The van der Waals surface area contributed by atoms with Gasteiger partial charge in [0.2, 0.25) is 0 Å². The summed E-state index contributed by atoms with van der Waals surface area (Å²) in [6.07, 6.45) is -2.75. The van der Waals surface area contributed by atoms with Crippen LogP contribution in [0.4, 0.5) is 23.7 Å². The summed E-state index contributed by atoms with van der Waals surface area (Å²) in [6, 6.07) is -0.525. The first-order chi connectivity index (χ1) is 9.53. The highest BCUT2D eigenvalue weighted by Gasteiger charge is 2.56. The Hall–Kier alpha value is -1.73. The summed E-state index contributed by atoms with van der Waals surface area (Å²) in [7, 11) is 1.71. The van der Waals surface area contributed by atoms with Crippen LogP contribution in [0.1, 0.15) is 26.0 Å². The highest BCUT2D eigenvalue weighted by atomic mass is 19.4. The number of carbonyl (C=O) groups is 1. The van der Waals surface area contributed by atoms with Crippen LogP contribution in [0.15, 0.2) is 6.20 Å². The molecule has 0 radical (unpaired) electrons. The second kappa shape index (κ2) is 4.92. The van der Waals surface area contributed by atoms with Gasteiger partial charge in [0, 0.05) is 19.8 Å². The van der Waals surface area contributed by atoms with Gasteiger partial charge in [0.1, 0.15) is 0 Å². The summed E-state index contributed by atoms with van der Waals surface area (Å²) in [5, 5.41) is 6.72. The van der Waals surface area contributed by atoms with Crippen molar-refractivity contribution in [1.82, 2.24) is 14.7 Å². The Morgan fingerprint density at radius 2 is 2.10 bits per heavy atom. The summed E-state index contributed by atoms with van der Waals surface area (Å²) in [4.78, 5) is 13.5. The average molecular weight is 304 g/mol. The first-order valence-corrected chi connectivity index (χ1v) is 6.69. The molecule has 1 aromatic heterocycles. The third-order valence-electron chi connectivity index (χ3n) is 4.09. The van der Waals surface area contributed by atoms with Crippen molar-refractivity contribution in [2.75, 3.05) is 11.9 Å². The number of urea groups is 1. The van der Waals surface area contributed by atoms with E-state index in [-0.39, 0.29) is 13.0 Å². The molecule has 8 heteroatoms. The maximum Gasteiger partial charge on any atom is 0.394 e. The van der Waals surface area contributed by atoms with Gasteiger partial charge in [0.05, 0.1) is 22.8 Å². The lowest BCUT2D eigenvalue weighted by Crippen LogP contribution is -2.51. The van der Waals surface area contributed by atoms with Crippen LogP contribution in [-0.4, -0.2) is 39.0 Å². The minimum atomic E-state index is -4.30. The topological polar surface area (TPSA) is 50.2 Å². The van der Waals surface area contributed by atoms with Crippen LogP contribution in [0.25, 0.3) is 0 Å². The molecule has 2 amide bonds. The van der Waals surface area contributed by atoms with Gasteiger partial charge in [-0.2, -0.15) is 18.3 Å². The number of hydrogen-bond donors (Lipinski definition) is 1. The summed E-state index contributed by atoms with van der Waals surface area (Å²) < 4.78 is 40.6. The van der Waals surface area contributed by atoms with Gasteiger partial charge in [-0.15, -0.1) is 0 Å². The molecule has 5 nitrogen and oxygen atoms in total. The molecule has 118 valence electrons. The third-order valence-corrected chi connectivity index (χ3v) is 4.09. The van der Waals surface area contributed by atoms with E-state index in [1.54, 1.807) is 24.9 Å². The fraction of sp³-hybridized carbons (Fsp3) is 0.692. The molecular formula is C13H19F3N4O. The number of amides is 2. The van der Waals surface area contributed by atoms with E-state index in [9.17, 15) is 18.0 Å². The molecule has 0 saturated carbocycles. The van der Waals surface area contributed by atoms with Crippen LogP contribution >= 0.6 is 0 Å². The predicted octanol–water partition coefficient (Wildman–Crippen LogP) is 2.92. The first kappa shape index (κ1) is 15.7. The Kier molecular flexibility index (Phi) is 3.67. The number of nitrogens with one attached hydrogen (secondary N) is 1. The van der Waals surface area contributed by atoms with E-state index in [1.807, 2.05) is 0 Å². The zero-order valence-electron chi connectivity index (χ0n) is 12.5. The summed E-state index contributed by atoms with van der Waals surface area (Å²) >= 11 is 0. The molecule has 1 fully saturated rings. The zero-order valence-corrected chi connectivity index (χ0v) is 12.5. The standard InChI is InChI=1S/C13H19F3N4O/c1-8-9(7-19(4)18-8)17-11(21)20-6-5-10(12(20,2)3)13(14,15)16/h7,10H,5-6H2,1-4H3,(H,17,21)/t10-/m1/s1. The summed E-state index contributed by atoms with van der Waals surface area (Å²) in [5.41, 5.74) is -0.137. The monoisotopic (exact) mass is 304 g/mol. The number of nitrogens with zero attached hydrogens (tertiary/aromatic N) is 3. The number of anilines is 1. The number of carbonyl (C=O) groups excluding carboxylic acids is 1. The Morgan fingerprint density at radius 1 is 1.48 bits per heavy atom. The van der Waals surface area contributed by atoms with Gasteiger partial charge in [-0.3, -0.25) is 4.68 Å². The molecule has 0 aliphatic carbocycles. The predicted molar refractivity (Wildman–Crippen MR) is 71.9 cm³/mol. The van der Waals surface area contributed by atoms with E-state index in [0.717, 1.165) is 0 Å². The van der Waals surface area contributed by atoms with Crippen LogP contribution in [0.2, 0.25) is 0 Å². The van der Waals surface area contributed by atoms with Crippen LogP contribution in [0.5, 0.6) is 0 Å². The van der Waals surface area contributed by atoms with Crippen LogP contribution < -0.4 is 5.32 Å². The second-order valence-corrected chi connectivity index (χ2v) is 5.92. The van der Waals surface area contributed by atoms with Crippen LogP contribution in [-0.2, 0) is 7.05 Å². The molecule has 1 atom stereocenters. The minimum absolute atomic E-state index is 0.0735. The molecule has 1 aliphatic heterocycles. The van der Waals surface area contributed by atoms with Crippen LogP contribution in [0, 0.1) is 12.8 Å². The van der Waals surface area contributed by atoms with Crippen molar-refractivity contribution in [3.8, 4) is 0 Å². The fourth-order valence-corrected chi connectivity index (χ4v) is 2.92. The number of rotatable bonds is 1. The molecule has 0 unspecified atom stereocenters. The zero-order chi connectivity index (χ0) is 16.0. The number of aryl methyl sites for hydroxylation is 2. The van der Waals surface area contributed by atoms with Crippen molar-refractivity contribution in [2.45, 2.75) is 38.9 Å². The highest BCUT2D eigenvalue weighted by Crippen LogP contribution is 2.44. The van der Waals surface area contributed by atoms with E-state index in [4.69, 9.17) is 0 Å². The molecule has 0 spiro atoms. The van der Waals surface area contributed by atoms with Gasteiger partial charge in [0.15, 0.2) is 0 Å². The van der Waals surface area contributed by atoms with Crippen molar-refractivity contribution in [2.24, 2.45) is 13.0 Å². The minimum Gasteiger partial charge on any atom is -0.319 e. The van der Waals surface area contributed by atoms with Crippen molar-refractivity contribution >= 4 is 11.7 Å². The lowest BCUT2D eigenvalue weighted by atomic mass is 9.88. The van der Waals surface area contributed by atoms with Crippen molar-refractivity contribution < 1.29 is 18.0 Å². The second-order valence-electron chi connectivity index (χ2n) is 5.92. The van der Waals surface area contributed by atoms with Crippen molar-refractivity contribution in [3.63, 3.8) is 0 Å². The third kappa shape index (κ3) is 2.84. The number of aromatic nitrogens is 2.